The molecule has 3 aromatic heterocycles. The number of hydrogen-bond donors (Lipinski definition) is 1. The van der Waals surface area contributed by atoms with E-state index < -0.39 is 18.0 Å². The van der Waals surface area contributed by atoms with E-state index in [-0.39, 0.29) is 6.01 Å². The van der Waals surface area contributed by atoms with E-state index in [9.17, 15) is 9.59 Å². The third-order valence-corrected chi connectivity index (χ3v) is 4.73. The maximum Gasteiger partial charge on any atom is 0.303 e. The lowest BCUT2D eigenvalue weighted by atomic mass is 10.1. The monoisotopic (exact) mass is 406 g/mol. The van der Waals surface area contributed by atoms with Crippen LogP contribution in [0.25, 0.3) is 16.7 Å². The van der Waals surface area contributed by atoms with Crippen LogP contribution >= 0.6 is 0 Å². The fourth-order valence-corrected chi connectivity index (χ4v) is 3.22. The smallest absolute Gasteiger partial charge is 0.303 e. The highest BCUT2D eigenvalue weighted by Crippen LogP contribution is 2.21. The zero-order valence-corrected chi connectivity index (χ0v) is 17.0. The van der Waals surface area contributed by atoms with Crippen molar-refractivity contribution in [1.82, 2.24) is 14.4 Å². The van der Waals surface area contributed by atoms with E-state index >= 15 is 0 Å². The number of aryl methyl sites for hydroxylation is 3. The van der Waals surface area contributed by atoms with E-state index in [4.69, 9.17) is 9.15 Å². The fraction of sp³-hybridized carbons (Fsp3) is 0.273. The number of nitrogens with zero attached hydrogens (tertiary/aromatic N) is 3. The van der Waals surface area contributed by atoms with E-state index in [1.54, 1.807) is 0 Å². The molecular weight excluding hydrogens is 384 g/mol. The van der Waals surface area contributed by atoms with Crippen LogP contribution < -0.4 is 5.32 Å². The molecule has 8 nitrogen and oxygen atoms in total. The second-order valence-electron chi connectivity index (χ2n) is 7.26. The maximum absolute atomic E-state index is 12.0. The normalized spacial score (nSPS) is 12.2. The van der Waals surface area contributed by atoms with Crippen molar-refractivity contribution >= 4 is 34.6 Å². The Kier molecular flexibility index (Phi) is 5.22. The van der Waals surface area contributed by atoms with Crippen molar-refractivity contribution in [2.75, 3.05) is 5.32 Å². The predicted molar refractivity (Wildman–Crippen MR) is 111 cm³/mol. The molecule has 4 aromatic rings. The Labute approximate surface area is 172 Å². The number of hydrogen-bond acceptors (Lipinski definition) is 6. The van der Waals surface area contributed by atoms with Gasteiger partial charge in [-0.15, -0.1) is 0 Å². The van der Waals surface area contributed by atoms with Gasteiger partial charge < -0.3 is 13.6 Å². The van der Waals surface area contributed by atoms with Gasteiger partial charge in [0.1, 0.15) is 11.2 Å². The standard InChI is InChI=1S/C22H22N4O4/c1-13-8-9-26-12-17(23-20(26)10-13)6-4-16-5-7-18-19(11-16)30-22(24-18)25-21(28)14(2)29-15(3)27/h5,7-12,14H,4,6H2,1-3H3,(H,24,25,28)/t14-/m0/s1. The lowest BCUT2D eigenvalue weighted by Crippen LogP contribution is -2.29. The molecule has 0 radical (unpaired) electrons. The van der Waals surface area contributed by atoms with Crippen molar-refractivity contribution < 1.29 is 18.7 Å². The number of fused-ring (bicyclic) bond motifs is 2. The summed E-state index contributed by atoms with van der Waals surface area (Å²) in [4.78, 5) is 31.9. The SMILES string of the molecule is CC(=O)O[C@@H](C)C(=O)Nc1nc2ccc(CCc3cn4ccc(C)cc4n3)cc2o1. The summed E-state index contributed by atoms with van der Waals surface area (Å²) in [7, 11) is 0. The minimum Gasteiger partial charge on any atom is -0.453 e. The molecule has 3 heterocycles. The topological polar surface area (TPSA) is 98.7 Å². The van der Waals surface area contributed by atoms with Crippen LogP contribution in [0.4, 0.5) is 6.01 Å². The highest BCUT2D eigenvalue weighted by molar-refractivity contribution is 5.94. The number of pyridine rings is 1. The van der Waals surface area contributed by atoms with Gasteiger partial charge in [-0.25, -0.2) is 4.98 Å². The quantitative estimate of drug-likeness (QED) is 0.493. The summed E-state index contributed by atoms with van der Waals surface area (Å²) in [6, 6.07) is 9.93. The van der Waals surface area contributed by atoms with Gasteiger partial charge in [0.2, 0.25) is 0 Å². The maximum atomic E-state index is 12.0. The third kappa shape index (κ3) is 4.32. The van der Waals surface area contributed by atoms with Crippen molar-refractivity contribution in [1.29, 1.82) is 0 Å². The largest absolute Gasteiger partial charge is 0.453 e. The second kappa shape index (κ2) is 7.98. The molecule has 0 aliphatic heterocycles. The predicted octanol–water partition coefficient (Wildman–Crippen LogP) is 3.46. The first-order valence-electron chi connectivity index (χ1n) is 9.69. The fourth-order valence-electron chi connectivity index (χ4n) is 3.22. The van der Waals surface area contributed by atoms with E-state index in [1.165, 1.54) is 19.4 Å². The summed E-state index contributed by atoms with van der Waals surface area (Å²) in [5, 5.41) is 2.53. The molecule has 154 valence electrons. The molecule has 30 heavy (non-hydrogen) atoms. The lowest BCUT2D eigenvalue weighted by Gasteiger charge is -2.09. The molecule has 0 saturated carbocycles. The first-order chi connectivity index (χ1) is 14.4. The number of anilines is 1. The van der Waals surface area contributed by atoms with Crippen LogP contribution in [0.1, 0.15) is 30.7 Å². The van der Waals surface area contributed by atoms with Crippen LogP contribution in [-0.2, 0) is 27.2 Å². The number of ether oxygens (including phenoxy) is 1. The summed E-state index contributed by atoms with van der Waals surface area (Å²) in [5.74, 6) is -1.03. The van der Waals surface area contributed by atoms with Crippen LogP contribution in [0.15, 0.2) is 47.1 Å². The molecule has 1 amide bonds. The summed E-state index contributed by atoms with van der Waals surface area (Å²) >= 11 is 0. The molecule has 0 bridgehead atoms. The molecule has 0 unspecified atom stereocenters. The minimum atomic E-state index is -0.928. The Balaban J connectivity index is 1.44. The summed E-state index contributed by atoms with van der Waals surface area (Å²) < 4.78 is 12.5. The molecule has 0 fully saturated rings. The molecular formula is C22H22N4O4. The first-order valence-corrected chi connectivity index (χ1v) is 9.69. The minimum absolute atomic E-state index is 0.0712. The van der Waals surface area contributed by atoms with Crippen molar-refractivity contribution in [3.05, 3.63) is 59.5 Å². The molecule has 0 spiro atoms. The Bertz CT molecular complexity index is 1240. The molecule has 0 saturated heterocycles. The molecule has 0 aliphatic carbocycles. The highest BCUT2D eigenvalue weighted by atomic mass is 16.5. The number of esters is 1. The van der Waals surface area contributed by atoms with Crippen molar-refractivity contribution in [2.24, 2.45) is 0 Å². The van der Waals surface area contributed by atoms with Crippen LogP contribution in [0.2, 0.25) is 0 Å². The number of carbonyl (C=O) groups excluding carboxylic acids is 2. The molecule has 1 atom stereocenters. The number of nitrogens with one attached hydrogen (secondary N) is 1. The van der Waals surface area contributed by atoms with Gasteiger partial charge >= 0.3 is 12.0 Å². The van der Waals surface area contributed by atoms with E-state index in [2.05, 4.69) is 34.3 Å². The van der Waals surface area contributed by atoms with Crippen molar-refractivity contribution in [3.8, 4) is 0 Å². The second-order valence-corrected chi connectivity index (χ2v) is 7.26. The summed E-state index contributed by atoms with van der Waals surface area (Å²) in [5.41, 5.74) is 5.44. The number of rotatable bonds is 6. The van der Waals surface area contributed by atoms with Gasteiger partial charge in [-0.05, 0) is 62.1 Å². The number of imidazole rings is 1. The van der Waals surface area contributed by atoms with Gasteiger partial charge in [-0.3, -0.25) is 14.9 Å². The van der Waals surface area contributed by atoms with Gasteiger partial charge in [0, 0.05) is 19.3 Å². The average Bonchev–Trinajstić information content (AvgIpc) is 3.27. The average molecular weight is 406 g/mol. The van der Waals surface area contributed by atoms with Gasteiger partial charge in [0.05, 0.1) is 5.69 Å². The summed E-state index contributed by atoms with van der Waals surface area (Å²) in [6.07, 6.45) is 4.72. The van der Waals surface area contributed by atoms with Crippen molar-refractivity contribution in [2.45, 2.75) is 39.7 Å². The third-order valence-electron chi connectivity index (χ3n) is 4.73. The Morgan fingerprint density at radius 1 is 1.20 bits per heavy atom. The number of amides is 1. The molecule has 0 aliphatic rings. The van der Waals surface area contributed by atoms with E-state index in [0.29, 0.717) is 11.1 Å². The van der Waals surface area contributed by atoms with Crippen LogP contribution in [0.3, 0.4) is 0 Å². The molecule has 8 heteroatoms. The zero-order valence-electron chi connectivity index (χ0n) is 17.0. The highest BCUT2D eigenvalue weighted by Gasteiger charge is 2.18. The molecule has 4 rings (SSSR count). The number of aromatic nitrogens is 3. The lowest BCUT2D eigenvalue weighted by molar-refractivity contribution is -0.150. The number of benzene rings is 1. The van der Waals surface area contributed by atoms with Crippen LogP contribution in [0, 0.1) is 6.92 Å². The Morgan fingerprint density at radius 2 is 2.03 bits per heavy atom. The zero-order chi connectivity index (χ0) is 21.3. The Morgan fingerprint density at radius 3 is 2.83 bits per heavy atom. The van der Waals surface area contributed by atoms with Crippen molar-refractivity contribution in [3.63, 3.8) is 0 Å². The van der Waals surface area contributed by atoms with Crippen LogP contribution in [0.5, 0.6) is 0 Å². The summed E-state index contributed by atoms with van der Waals surface area (Å²) in [6.45, 7) is 4.78. The molecule has 1 aromatic carbocycles. The van der Waals surface area contributed by atoms with Crippen LogP contribution in [-0.4, -0.2) is 32.3 Å². The van der Waals surface area contributed by atoms with E-state index in [0.717, 1.165) is 29.7 Å². The Hall–Kier alpha value is -3.68. The number of carbonyl (C=O) groups is 2. The van der Waals surface area contributed by atoms with Gasteiger partial charge in [0.25, 0.3) is 5.91 Å². The first kappa shape index (κ1) is 19.6. The molecule has 1 N–H and O–H groups in total. The van der Waals surface area contributed by atoms with E-state index in [1.807, 2.05) is 35.0 Å². The van der Waals surface area contributed by atoms with Gasteiger partial charge in [-0.2, -0.15) is 4.98 Å². The van der Waals surface area contributed by atoms with Gasteiger partial charge in [-0.1, -0.05) is 6.07 Å². The van der Waals surface area contributed by atoms with Gasteiger partial charge in [0.15, 0.2) is 11.7 Å². The number of oxazole rings is 1.